The molecular weight excluding hydrogens is 278 g/mol. The summed E-state index contributed by atoms with van der Waals surface area (Å²) in [7, 11) is 0. The number of H-pyrrole nitrogens is 1. The van der Waals surface area contributed by atoms with Crippen LogP contribution in [0.3, 0.4) is 0 Å². The van der Waals surface area contributed by atoms with E-state index in [4.69, 9.17) is 0 Å². The Balaban J connectivity index is 1.98. The number of thioether (sulfide) groups is 1. The minimum atomic E-state index is -0.145. The molecule has 15 heavy (non-hydrogen) atoms. The number of hydrogen-bond donors (Lipinski definition) is 2. The van der Waals surface area contributed by atoms with E-state index < -0.39 is 0 Å². The predicted octanol–water partition coefficient (Wildman–Crippen LogP) is 1.70. The van der Waals surface area contributed by atoms with Gasteiger partial charge >= 0.3 is 0 Å². The van der Waals surface area contributed by atoms with Gasteiger partial charge in [0.25, 0.3) is 5.56 Å². The van der Waals surface area contributed by atoms with Gasteiger partial charge in [0.2, 0.25) is 0 Å². The van der Waals surface area contributed by atoms with Crippen molar-refractivity contribution < 1.29 is 0 Å². The molecular formula is C9H12BrN3OS. The van der Waals surface area contributed by atoms with E-state index in [9.17, 15) is 4.79 Å². The highest BCUT2D eigenvalue weighted by Gasteiger charge is 2.15. The van der Waals surface area contributed by atoms with E-state index in [-0.39, 0.29) is 5.56 Å². The zero-order chi connectivity index (χ0) is 10.7. The summed E-state index contributed by atoms with van der Waals surface area (Å²) in [5, 5.41) is 3.20. The minimum Gasteiger partial charge on any atom is -0.369 e. The van der Waals surface area contributed by atoms with Crippen LogP contribution in [0.25, 0.3) is 0 Å². The zero-order valence-corrected chi connectivity index (χ0v) is 10.5. The van der Waals surface area contributed by atoms with Gasteiger partial charge in [-0.3, -0.25) is 4.79 Å². The molecule has 82 valence electrons. The Labute approximate surface area is 100 Å². The molecule has 1 atom stereocenters. The Bertz CT molecular complexity index is 389. The fraction of sp³-hybridized carbons (Fsp3) is 0.556. The van der Waals surface area contributed by atoms with Crippen LogP contribution in [-0.4, -0.2) is 28.0 Å². The third-order valence-electron chi connectivity index (χ3n) is 2.38. The maximum absolute atomic E-state index is 11.2. The topological polar surface area (TPSA) is 57.8 Å². The van der Waals surface area contributed by atoms with Crippen molar-refractivity contribution >= 4 is 33.5 Å². The Morgan fingerprint density at radius 1 is 1.73 bits per heavy atom. The van der Waals surface area contributed by atoms with Gasteiger partial charge in [-0.2, -0.15) is 11.8 Å². The third-order valence-corrected chi connectivity index (χ3v) is 4.35. The summed E-state index contributed by atoms with van der Waals surface area (Å²) in [4.78, 5) is 17.8. The van der Waals surface area contributed by atoms with Crippen LogP contribution in [0.2, 0.25) is 0 Å². The molecule has 4 nitrogen and oxygen atoms in total. The monoisotopic (exact) mass is 289 g/mol. The van der Waals surface area contributed by atoms with Gasteiger partial charge in [-0.15, -0.1) is 0 Å². The van der Waals surface area contributed by atoms with Gasteiger partial charge in [-0.1, -0.05) is 0 Å². The number of aromatic nitrogens is 2. The van der Waals surface area contributed by atoms with Gasteiger partial charge in [0.1, 0.15) is 10.3 Å². The second-order valence-corrected chi connectivity index (χ2v) is 5.45. The summed E-state index contributed by atoms with van der Waals surface area (Å²) in [6.07, 6.45) is 2.66. The molecule has 0 spiro atoms. The Morgan fingerprint density at radius 2 is 2.60 bits per heavy atom. The van der Waals surface area contributed by atoms with E-state index in [1.165, 1.54) is 24.3 Å². The van der Waals surface area contributed by atoms with Gasteiger partial charge in [0.15, 0.2) is 0 Å². The van der Waals surface area contributed by atoms with Crippen molar-refractivity contribution in [2.45, 2.75) is 6.42 Å². The fourth-order valence-corrected chi connectivity index (χ4v) is 3.13. The Kier molecular flexibility index (Phi) is 3.69. The van der Waals surface area contributed by atoms with Crippen molar-refractivity contribution in [2.24, 2.45) is 5.92 Å². The van der Waals surface area contributed by atoms with Crippen LogP contribution in [-0.2, 0) is 0 Å². The molecule has 1 saturated heterocycles. The first-order valence-electron chi connectivity index (χ1n) is 4.82. The first-order valence-corrected chi connectivity index (χ1v) is 6.77. The van der Waals surface area contributed by atoms with Crippen LogP contribution in [0.4, 0.5) is 5.82 Å². The van der Waals surface area contributed by atoms with E-state index in [1.807, 2.05) is 11.8 Å². The smallest absolute Gasteiger partial charge is 0.267 e. The number of halogens is 1. The summed E-state index contributed by atoms with van der Waals surface area (Å²) >= 11 is 5.20. The molecule has 2 rings (SSSR count). The molecule has 1 aromatic heterocycles. The van der Waals surface area contributed by atoms with E-state index >= 15 is 0 Å². The number of aromatic amines is 1. The molecule has 0 aliphatic carbocycles. The maximum Gasteiger partial charge on any atom is 0.267 e. The average molecular weight is 290 g/mol. The molecule has 1 unspecified atom stereocenters. The second kappa shape index (κ2) is 5.03. The number of nitrogens with one attached hydrogen (secondary N) is 2. The molecule has 0 saturated carbocycles. The van der Waals surface area contributed by atoms with Gasteiger partial charge in [-0.05, 0) is 39.8 Å². The zero-order valence-electron chi connectivity index (χ0n) is 8.12. The Hall–Kier alpha value is -0.490. The summed E-state index contributed by atoms with van der Waals surface area (Å²) in [6.45, 7) is 0.891. The fourth-order valence-electron chi connectivity index (χ4n) is 1.49. The van der Waals surface area contributed by atoms with Gasteiger partial charge in [0.05, 0.1) is 6.33 Å². The van der Waals surface area contributed by atoms with E-state index in [2.05, 4.69) is 31.2 Å². The molecule has 2 heterocycles. The van der Waals surface area contributed by atoms with E-state index in [1.54, 1.807) is 0 Å². The molecule has 1 aliphatic rings. The summed E-state index contributed by atoms with van der Waals surface area (Å²) in [6, 6.07) is 0. The van der Waals surface area contributed by atoms with Crippen molar-refractivity contribution in [3.63, 3.8) is 0 Å². The van der Waals surface area contributed by atoms with Crippen LogP contribution in [0.5, 0.6) is 0 Å². The first-order chi connectivity index (χ1) is 7.27. The van der Waals surface area contributed by atoms with Gasteiger partial charge < -0.3 is 10.3 Å². The van der Waals surface area contributed by atoms with Crippen LogP contribution < -0.4 is 10.9 Å². The highest BCUT2D eigenvalue weighted by atomic mass is 79.9. The molecule has 1 aromatic rings. The number of rotatable bonds is 3. The molecule has 0 radical (unpaired) electrons. The van der Waals surface area contributed by atoms with Crippen molar-refractivity contribution in [2.75, 3.05) is 23.4 Å². The Morgan fingerprint density at radius 3 is 3.33 bits per heavy atom. The van der Waals surface area contributed by atoms with Crippen molar-refractivity contribution in [3.8, 4) is 0 Å². The number of nitrogens with zero attached hydrogens (tertiary/aromatic N) is 1. The van der Waals surface area contributed by atoms with Crippen molar-refractivity contribution in [1.29, 1.82) is 0 Å². The normalized spacial score (nSPS) is 20.5. The first kappa shape index (κ1) is 11.0. The highest BCUT2D eigenvalue weighted by Crippen LogP contribution is 2.24. The number of hydrogen-bond acceptors (Lipinski definition) is 4. The molecule has 0 bridgehead atoms. The molecule has 1 aliphatic heterocycles. The van der Waals surface area contributed by atoms with Crippen LogP contribution in [0, 0.1) is 5.92 Å². The standard InChI is InChI=1S/C9H12BrN3OS/c10-7-8(12-5-13-9(7)14)11-3-6-1-2-15-4-6/h5-6H,1-4H2,(H2,11,12,13,14). The molecule has 2 N–H and O–H groups in total. The lowest BCUT2D eigenvalue weighted by atomic mass is 10.1. The minimum absolute atomic E-state index is 0.145. The quantitative estimate of drug-likeness (QED) is 0.889. The van der Waals surface area contributed by atoms with Crippen LogP contribution in [0.1, 0.15) is 6.42 Å². The molecule has 6 heteroatoms. The van der Waals surface area contributed by atoms with Gasteiger partial charge in [0, 0.05) is 6.54 Å². The second-order valence-electron chi connectivity index (χ2n) is 3.50. The van der Waals surface area contributed by atoms with Crippen LogP contribution >= 0.6 is 27.7 Å². The predicted molar refractivity (Wildman–Crippen MR) is 66.5 cm³/mol. The summed E-state index contributed by atoms with van der Waals surface area (Å²) in [5.41, 5.74) is -0.145. The number of anilines is 1. The lowest BCUT2D eigenvalue weighted by molar-refractivity contribution is 0.630. The molecule has 0 amide bonds. The van der Waals surface area contributed by atoms with Crippen LogP contribution in [0.15, 0.2) is 15.6 Å². The van der Waals surface area contributed by atoms with Crippen molar-refractivity contribution in [1.82, 2.24) is 9.97 Å². The molecule has 1 fully saturated rings. The summed E-state index contributed by atoms with van der Waals surface area (Å²) < 4.78 is 0.482. The largest absolute Gasteiger partial charge is 0.369 e. The summed E-state index contributed by atoms with van der Waals surface area (Å²) in [5.74, 6) is 3.78. The maximum atomic E-state index is 11.2. The van der Waals surface area contributed by atoms with E-state index in [0.717, 1.165) is 6.54 Å². The van der Waals surface area contributed by atoms with Gasteiger partial charge in [-0.25, -0.2) is 4.98 Å². The lowest BCUT2D eigenvalue weighted by Gasteiger charge is -2.10. The SMILES string of the molecule is O=c1[nH]cnc(NCC2CCSC2)c1Br. The lowest BCUT2D eigenvalue weighted by Crippen LogP contribution is -2.17. The van der Waals surface area contributed by atoms with Crippen molar-refractivity contribution in [3.05, 3.63) is 21.2 Å². The van der Waals surface area contributed by atoms with E-state index in [0.29, 0.717) is 16.2 Å². The molecule has 0 aromatic carbocycles. The third kappa shape index (κ3) is 2.75. The highest BCUT2D eigenvalue weighted by molar-refractivity contribution is 9.10. The average Bonchev–Trinajstić information content (AvgIpc) is 2.73.